The van der Waals surface area contributed by atoms with Gasteiger partial charge < -0.3 is 0 Å². The molecular formula is C22H24O. The summed E-state index contributed by atoms with van der Waals surface area (Å²) in [4.78, 5) is 13.0. The van der Waals surface area contributed by atoms with E-state index in [0.29, 0.717) is 12.2 Å². The van der Waals surface area contributed by atoms with E-state index in [1.54, 1.807) is 0 Å². The van der Waals surface area contributed by atoms with E-state index in [4.69, 9.17) is 0 Å². The van der Waals surface area contributed by atoms with Crippen molar-refractivity contribution in [3.05, 3.63) is 71.8 Å². The molecule has 0 aliphatic heterocycles. The molecule has 0 aromatic heterocycles. The molecule has 2 fully saturated rings. The van der Waals surface area contributed by atoms with Crippen LogP contribution in [0.3, 0.4) is 0 Å². The lowest BCUT2D eigenvalue weighted by Gasteiger charge is -2.37. The molecule has 118 valence electrons. The van der Waals surface area contributed by atoms with Crippen LogP contribution in [0.1, 0.15) is 50.7 Å². The highest BCUT2D eigenvalue weighted by molar-refractivity contribution is 5.94. The van der Waals surface area contributed by atoms with Gasteiger partial charge in [0, 0.05) is 17.8 Å². The van der Waals surface area contributed by atoms with Gasteiger partial charge in [0.1, 0.15) is 5.78 Å². The fourth-order valence-corrected chi connectivity index (χ4v) is 5.46. The van der Waals surface area contributed by atoms with E-state index in [0.717, 1.165) is 6.42 Å². The minimum absolute atomic E-state index is 0.0314. The van der Waals surface area contributed by atoms with E-state index in [1.165, 1.54) is 11.1 Å². The van der Waals surface area contributed by atoms with Gasteiger partial charge in [-0.3, -0.25) is 4.79 Å². The Morgan fingerprint density at radius 3 is 2.04 bits per heavy atom. The van der Waals surface area contributed by atoms with Gasteiger partial charge in [-0.15, -0.1) is 0 Å². The first kappa shape index (κ1) is 14.7. The molecule has 2 aromatic carbocycles. The highest BCUT2D eigenvalue weighted by Gasteiger charge is 2.80. The molecule has 0 unspecified atom stereocenters. The molecule has 0 N–H and O–H groups in total. The van der Waals surface area contributed by atoms with Crippen molar-refractivity contribution in [1.82, 2.24) is 0 Å². The van der Waals surface area contributed by atoms with Crippen LogP contribution in [0.2, 0.25) is 0 Å². The van der Waals surface area contributed by atoms with E-state index in [2.05, 4.69) is 75.4 Å². The van der Waals surface area contributed by atoms with Crippen molar-refractivity contribution in [2.75, 3.05) is 0 Å². The molecule has 4 rings (SSSR count). The molecule has 0 radical (unpaired) electrons. The fraction of sp³-hybridized carbons (Fsp3) is 0.409. The van der Waals surface area contributed by atoms with E-state index >= 15 is 0 Å². The molecule has 2 aliphatic carbocycles. The molecule has 0 spiro atoms. The quantitative estimate of drug-likeness (QED) is 0.753. The van der Waals surface area contributed by atoms with Gasteiger partial charge >= 0.3 is 0 Å². The molecule has 2 aliphatic rings. The van der Waals surface area contributed by atoms with Crippen LogP contribution in [0, 0.1) is 10.8 Å². The van der Waals surface area contributed by atoms with Crippen LogP contribution in [0.25, 0.3) is 0 Å². The van der Waals surface area contributed by atoms with Gasteiger partial charge in [0.05, 0.1) is 0 Å². The van der Waals surface area contributed by atoms with Gasteiger partial charge in [-0.2, -0.15) is 0 Å². The maximum atomic E-state index is 13.0. The van der Waals surface area contributed by atoms with E-state index in [-0.39, 0.29) is 22.2 Å². The van der Waals surface area contributed by atoms with Crippen LogP contribution in [0.15, 0.2) is 60.7 Å². The molecule has 3 atom stereocenters. The Hall–Kier alpha value is -1.89. The fourth-order valence-electron chi connectivity index (χ4n) is 5.46. The van der Waals surface area contributed by atoms with Crippen molar-refractivity contribution in [3.8, 4) is 0 Å². The number of carbonyl (C=O) groups is 1. The van der Waals surface area contributed by atoms with E-state index < -0.39 is 0 Å². The number of fused-ring (bicyclic) bond motifs is 1. The van der Waals surface area contributed by atoms with Gasteiger partial charge in [-0.05, 0) is 28.4 Å². The SMILES string of the molecule is CC(C)(C)[C@]12C[C@@]1(c1ccccc1)CC(=O)[C@H]2c1ccccc1. The molecule has 2 saturated carbocycles. The van der Waals surface area contributed by atoms with Crippen molar-refractivity contribution < 1.29 is 4.79 Å². The van der Waals surface area contributed by atoms with Crippen LogP contribution in [0.5, 0.6) is 0 Å². The third kappa shape index (κ3) is 1.77. The molecule has 1 nitrogen and oxygen atoms in total. The second-order valence-corrected chi connectivity index (χ2v) is 8.33. The van der Waals surface area contributed by atoms with Crippen LogP contribution in [0.4, 0.5) is 0 Å². The second kappa shape index (κ2) is 4.56. The van der Waals surface area contributed by atoms with Gasteiger partial charge in [-0.25, -0.2) is 0 Å². The van der Waals surface area contributed by atoms with Gasteiger partial charge in [-0.1, -0.05) is 81.4 Å². The van der Waals surface area contributed by atoms with Crippen LogP contribution in [-0.4, -0.2) is 5.78 Å². The second-order valence-electron chi connectivity index (χ2n) is 8.33. The standard InChI is InChI=1S/C22H24O/c1-20(2,3)22-15-21(22,17-12-8-5-9-13-17)14-18(23)19(22)16-10-6-4-7-11-16/h4-13,19H,14-15H2,1-3H3/t19-,21-,22-/m1/s1. The Morgan fingerprint density at radius 1 is 0.913 bits per heavy atom. The van der Waals surface area contributed by atoms with Crippen molar-refractivity contribution in [2.24, 2.45) is 10.8 Å². The van der Waals surface area contributed by atoms with Crippen LogP contribution >= 0.6 is 0 Å². The predicted molar refractivity (Wildman–Crippen MR) is 93.4 cm³/mol. The smallest absolute Gasteiger partial charge is 0.141 e. The highest BCUT2D eigenvalue weighted by Crippen LogP contribution is 2.82. The summed E-state index contributed by atoms with van der Waals surface area (Å²) < 4.78 is 0. The maximum Gasteiger partial charge on any atom is 0.141 e. The van der Waals surface area contributed by atoms with E-state index in [9.17, 15) is 4.79 Å². The molecule has 1 heteroatoms. The Balaban J connectivity index is 1.89. The average molecular weight is 304 g/mol. The normalized spacial score (nSPS) is 32.7. The first-order chi connectivity index (χ1) is 10.9. The maximum absolute atomic E-state index is 13.0. The van der Waals surface area contributed by atoms with Crippen molar-refractivity contribution >= 4 is 5.78 Å². The molecule has 0 bridgehead atoms. The summed E-state index contributed by atoms with van der Waals surface area (Å²) in [5.74, 6) is 0.449. The molecule has 2 aromatic rings. The largest absolute Gasteiger partial charge is 0.299 e. The Bertz CT molecular complexity index is 741. The number of hydrogen-bond acceptors (Lipinski definition) is 1. The summed E-state index contributed by atoms with van der Waals surface area (Å²) in [5.41, 5.74) is 2.71. The summed E-state index contributed by atoms with van der Waals surface area (Å²) >= 11 is 0. The van der Waals surface area contributed by atoms with Crippen molar-refractivity contribution in [3.63, 3.8) is 0 Å². The summed E-state index contributed by atoms with van der Waals surface area (Å²) in [7, 11) is 0. The highest BCUT2D eigenvalue weighted by atomic mass is 16.1. The lowest BCUT2D eigenvalue weighted by atomic mass is 9.66. The van der Waals surface area contributed by atoms with Gasteiger partial charge in [0.2, 0.25) is 0 Å². The minimum Gasteiger partial charge on any atom is -0.299 e. The number of benzene rings is 2. The third-order valence-electron chi connectivity index (χ3n) is 6.40. The molecule has 23 heavy (non-hydrogen) atoms. The zero-order valence-electron chi connectivity index (χ0n) is 14.2. The topological polar surface area (TPSA) is 17.1 Å². The van der Waals surface area contributed by atoms with Gasteiger partial charge in [0.25, 0.3) is 0 Å². The summed E-state index contributed by atoms with van der Waals surface area (Å²) in [6.45, 7) is 6.94. The lowest BCUT2D eigenvalue weighted by Crippen LogP contribution is -2.32. The minimum atomic E-state index is 0.0314. The third-order valence-corrected chi connectivity index (χ3v) is 6.40. The zero-order chi connectivity index (χ0) is 16.3. The molecular weight excluding hydrogens is 280 g/mol. The first-order valence-electron chi connectivity index (χ1n) is 8.56. The Labute approximate surface area is 138 Å². The Morgan fingerprint density at radius 2 is 1.48 bits per heavy atom. The average Bonchev–Trinajstić information content (AvgIpc) is 3.13. The zero-order valence-corrected chi connectivity index (χ0v) is 14.2. The van der Waals surface area contributed by atoms with Crippen molar-refractivity contribution in [2.45, 2.75) is 44.9 Å². The number of ketones is 1. The van der Waals surface area contributed by atoms with Gasteiger partial charge in [0.15, 0.2) is 0 Å². The number of hydrogen-bond donors (Lipinski definition) is 0. The van der Waals surface area contributed by atoms with Crippen molar-refractivity contribution in [1.29, 1.82) is 0 Å². The summed E-state index contributed by atoms with van der Waals surface area (Å²) in [5, 5.41) is 0. The predicted octanol–water partition coefficient (Wildman–Crippen LogP) is 5.12. The molecule has 0 heterocycles. The summed E-state index contributed by atoms with van der Waals surface area (Å²) in [6, 6.07) is 21.1. The van der Waals surface area contributed by atoms with Crippen LogP contribution in [-0.2, 0) is 10.2 Å². The number of carbonyl (C=O) groups excluding carboxylic acids is 1. The van der Waals surface area contributed by atoms with E-state index in [1.807, 2.05) is 6.07 Å². The van der Waals surface area contributed by atoms with Crippen LogP contribution < -0.4 is 0 Å². The first-order valence-corrected chi connectivity index (χ1v) is 8.56. The number of rotatable bonds is 2. The molecule has 0 amide bonds. The number of Topliss-reactive ketones (excluding diaryl/α,β-unsaturated/α-hetero) is 1. The lowest BCUT2D eigenvalue weighted by molar-refractivity contribution is -0.120. The monoisotopic (exact) mass is 304 g/mol. The Kier molecular flexibility index (Phi) is 2.91. The molecule has 0 saturated heterocycles. The summed E-state index contributed by atoms with van der Waals surface area (Å²) in [6.07, 6.45) is 1.81.